The van der Waals surface area contributed by atoms with E-state index in [2.05, 4.69) is 14.9 Å². The number of fused-ring (bicyclic) bond motifs is 1. The van der Waals surface area contributed by atoms with Gasteiger partial charge in [0.25, 0.3) is 0 Å². The normalized spacial score (nSPS) is 10.7. The van der Waals surface area contributed by atoms with Crippen LogP contribution in [0.15, 0.2) is 42.5 Å². The van der Waals surface area contributed by atoms with E-state index in [4.69, 9.17) is 0 Å². The van der Waals surface area contributed by atoms with Crippen molar-refractivity contribution in [2.45, 2.75) is 0 Å². The van der Waals surface area contributed by atoms with E-state index in [0.29, 0.717) is 16.6 Å². The van der Waals surface area contributed by atoms with Crippen LogP contribution in [0.1, 0.15) is 10.4 Å². The summed E-state index contributed by atoms with van der Waals surface area (Å²) in [5.74, 6) is -0.232. The molecule has 0 radical (unpaired) electrons. The lowest BCUT2D eigenvalue weighted by Gasteiger charge is -1.98. The zero-order valence-corrected chi connectivity index (χ0v) is 10.6. The molecule has 0 aliphatic heterocycles. The Morgan fingerprint density at radius 3 is 2.50 bits per heavy atom. The van der Waals surface area contributed by atoms with Crippen molar-refractivity contribution >= 4 is 17.0 Å². The van der Waals surface area contributed by atoms with Crippen LogP contribution in [0.3, 0.4) is 0 Å². The van der Waals surface area contributed by atoms with Crippen LogP contribution in [0.5, 0.6) is 5.75 Å². The van der Waals surface area contributed by atoms with Gasteiger partial charge in [0, 0.05) is 0 Å². The van der Waals surface area contributed by atoms with Gasteiger partial charge >= 0.3 is 5.97 Å². The molecule has 0 saturated carbocycles. The third kappa shape index (κ3) is 2.07. The molecular weight excluding hydrogens is 258 g/mol. The third-order valence-electron chi connectivity index (χ3n) is 2.88. The van der Waals surface area contributed by atoms with Gasteiger partial charge in [-0.3, -0.25) is 0 Å². The molecule has 20 heavy (non-hydrogen) atoms. The average molecular weight is 269 g/mol. The zero-order chi connectivity index (χ0) is 14.1. The first kappa shape index (κ1) is 12.2. The fraction of sp³-hybridized carbons (Fsp3) is 0.0714. The van der Waals surface area contributed by atoms with E-state index < -0.39 is 5.97 Å². The molecule has 100 valence electrons. The minimum absolute atomic E-state index is 0.179. The Kier molecular flexibility index (Phi) is 2.83. The van der Waals surface area contributed by atoms with E-state index in [-0.39, 0.29) is 5.75 Å². The van der Waals surface area contributed by atoms with Crippen molar-refractivity contribution in [1.82, 2.24) is 15.0 Å². The van der Waals surface area contributed by atoms with Crippen molar-refractivity contribution in [2.24, 2.45) is 0 Å². The summed E-state index contributed by atoms with van der Waals surface area (Å²) >= 11 is 0. The lowest BCUT2D eigenvalue weighted by molar-refractivity contribution is 0.0601. The maximum Gasteiger partial charge on any atom is 0.337 e. The molecule has 3 aromatic rings. The number of hydrogen-bond donors (Lipinski definition) is 1. The molecule has 0 saturated heterocycles. The Labute approximate surface area is 114 Å². The number of carbonyl (C=O) groups excluding carboxylic acids is 1. The van der Waals surface area contributed by atoms with Crippen LogP contribution in [0.2, 0.25) is 0 Å². The number of aromatic nitrogens is 3. The topological polar surface area (TPSA) is 77.2 Å². The maximum atomic E-state index is 11.5. The summed E-state index contributed by atoms with van der Waals surface area (Å²) in [6, 6.07) is 11.5. The molecule has 3 rings (SSSR count). The highest BCUT2D eigenvalue weighted by atomic mass is 16.5. The highest BCUT2D eigenvalue weighted by molar-refractivity contribution is 5.93. The Morgan fingerprint density at radius 2 is 1.80 bits per heavy atom. The number of aromatic hydroxyl groups is 1. The molecule has 0 bridgehead atoms. The molecule has 0 atom stereocenters. The van der Waals surface area contributed by atoms with Gasteiger partial charge in [0.1, 0.15) is 16.8 Å². The standard InChI is InChI=1S/C14H11N3O3/c1-20-14(19)9-2-7-12-13(8-9)16-17(15-12)10-3-5-11(18)6-4-10/h2-8,18H,1H3. The van der Waals surface area contributed by atoms with Crippen LogP contribution in [0.4, 0.5) is 0 Å². The number of methoxy groups -OCH3 is 1. The monoisotopic (exact) mass is 269 g/mol. The lowest BCUT2D eigenvalue weighted by atomic mass is 10.2. The van der Waals surface area contributed by atoms with Gasteiger partial charge < -0.3 is 9.84 Å². The third-order valence-corrected chi connectivity index (χ3v) is 2.88. The number of ether oxygens (including phenoxy) is 1. The number of hydrogen-bond acceptors (Lipinski definition) is 5. The second kappa shape index (κ2) is 4.65. The number of nitrogens with zero attached hydrogens (tertiary/aromatic N) is 3. The fourth-order valence-corrected chi connectivity index (χ4v) is 1.86. The molecular formula is C14H11N3O3. The van der Waals surface area contributed by atoms with Crippen LogP contribution in [0, 0.1) is 0 Å². The predicted molar refractivity (Wildman–Crippen MR) is 71.9 cm³/mol. The summed E-state index contributed by atoms with van der Waals surface area (Å²) in [6.45, 7) is 0. The first-order chi connectivity index (χ1) is 9.67. The van der Waals surface area contributed by atoms with Gasteiger partial charge in [-0.1, -0.05) is 0 Å². The van der Waals surface area contributed by atoms with Gasteiger partial charge in [0.2, 0.25) is 0 Å². The minimum atomic E-state index is -0.411. The smallest absolute Gasteiger partial charge is 0.337 e. The van der Waals surface area contributed by atoms with Crippen LogP contribution in [0.25, 0.3) is 16.7 Å². The molecule has 0 aliphatic carbocycles. The van der Waals surface area contributed by atoms with Crippen molar-refractivity contribution in [1.29, 1.82) is 0 Å². The Balaban J connectivity index is 2.06. The quantitative estimate of drug-likeness (QED) is 0.719. The van der Waals surface area contributed by atoms with Gasteiger partial charge in [-0.05, 0) is 42.5 Å². The van der Waals surface area contributed by atoms with Crippen LogP contribution >= 0.6 is 0 Å². The summed E-state index contributed by atoms with van der Waals surface area (Å²) in [7, 11) is 1.33. The molecule has 1 N–H and O–H groups in total. The summed E-state index contributed by atoms with van der Waals surface area (Å²) in [5.41, 5.74) is 2.42. The number of carbonyl (C=O) groups is 1. The molecule has 0 aliphatic rings. The summed E-state index contributed by atoms with van der Waals surface area (Å²) in [5, 5.41) is 17.9. The van der Waals surface area contributed by atoms with Crippen LogP contribution in [-0.4, -0.2) is 33.2 Å². The van der Waals surface area contributed by atoms with Crippen molar-refractivity contribution < 1.29 is 14.6 Å². The van der Waals surface area contributed by atoms with E-state index in [9.17, 15) is 9.90 Å². The Hall–Kier alpha value is -2.89. The van der Waals surface area contributed by atoms with E-state index in [1.165, 1.54) is 11.9 Å². The summed E-state index contributed by atoms with van der Waals surface area (Å²) in [6.07, 6.45) is 0. The van der Waals surface area contributed by atoms with E-state index >= 15 is 0 Å². The fourth-order valence-electron chi connectivity index (χ4n) is 1.86. The SMILES string of the molecule is COC(=O)c1ccc2nn(-c3ccc(O)cc3)nc2c1. The first-order valence-electron chi connectivity index (χ1n) is 5.92. The van der Waals surface area contributed by atoms with Crippen LogP contribution < -0.4 is 0 Å². The second-order valence-electron chi connectivity index (χ2n) is 4.20. The van der Waals surface area contributed by atoms with E-state index in [1.54, 1.807) is 42.5 Å². The van der Waals surface area contributed by atoms with Crippen molar-refractivity contribution in [3.8, 4) is 11.4 Å². The molecule has 0 unspecified atom stereocenters. The number of phenols is 1. The number of phenolic OH excluding ortho intramolecular Hbond substituents is 1. The van der Waals surface area contributed by atoms with Gasteiger partial charge in [-0.2, -0.15) is 4.80 Å². The molecule has 1 heterocycles. The van der Waals surface area contributed by atoms with E-state index in [0.717, 1.165) is 5.69 Å². The number of benzene rings is 2. The Morgan fingerprint density at radius 1 is 1.10 bits per heavy atom. The first-order valence-corrected chi connectivity index (χ1v) is 5.92. The minimum Gasteiger partial charge on any atom is -0.508 e. The molecule has 2 aromatic carbocycles. The largest absolute Gasteiger partial charge is 0.508 e. The summed E-state index contributed by atoms with van der Waals surface area (Å²) < 4.78 is 4.67. The van der Waals surface area contributed by atoms with Crippen molar-refractivity contribution in [3.05, 3.63) is 48.0 Å². The van der Waals surface area contributed by atoms with Gasteiger partial charge in [0.15, 0.2) is 0 Å². The average Bonchev–Trinajstić information content (AvgIpc) is 2.90. The lowest BCUT2D eigenvalue weighted by Crippen LogP contribution is -2.00. The Bertz CT molecular complexity index is 778. The molecule has 0 amide bonds. The molecule has 0 spiro atoms. The summed E-state index contributed by atoms with van der Waals surface area (Å²) in [4.78, 5) is 12.9. The molecule has 0 fully saturated rings. The maximum absolute atomic E-state index is 11.5. The zero-order valence-electron chi connectivity index (χ0n) is 10.6. The molecule has 6 heteroatoms. The number of esters is 1. The highest BCUT2D eigenvalue weighted by Crippen LogP contribution is 2.16. The van der Waals surface area contributed by atoms with Crippen molar-refractivity contribution in [2.75, 3.05) is 7.11 Å². The molecule has 1 aromatic heterocycles. The number of rotatable bonds is 2. The van der Waals surface area contributed by atoms with Crippen molar-refractivity contribution in [3.63, 3.8) is 0 Å². The van der Waals surface area contributed by atoms with Crippen LogP contribution in [-0.2, 0) is 4.74 Å². The van der Waals surface area contributed by atoms with E-state index in [1.807, 2.05) is 0 Å². The predicted octanol–water partition coefficient (Wildman–Crippen LogP) is 1.91. The van der Waals surface area contributed by atoms with Gasteiger partial charge in [-0.15, -0.1) is 10.2 Å². The van der Waals surface area contributed by atoms with Gasteiger partial charge in [0.05, 0.1) is 18.4 Å². The highest BCUT2D eigenvalue weighted by Gasteiger charge is 2.10. The second-order valence-corrected chi connectivity index (χ2v) is 4.20. The van der Waals surface area contributed by atoms with Gasteiger partial charge in [-0.25, -0.2) is 4.79 Å². The molecule has 6 nitrogen and oxygen atoms in total.